The highest BCUT2D eigenvalue weighted by Gasteiger charge is 2.22. The number of anilines is 3. The Balaban J connectivity index is 2.51. The second kappa shape index (κ2) is 6.00. The molecule has 0 fully saturated rings. The smallest absolute Gasteiger partial charge is 0.332 e. The molecule has 0 atom stereocenters. The van der Waals surface area contributed by atoms with E-state index < -0.39 is 10.7 Å². The van der Waals surface area contributed by atoms with Gasteiger partial charge in [-0.05, 0) is 25.1 Å². The average Bonchev–Trinajstić information content (AvgIpc) is 2.40. The molecule has 7 nitrogen and oxygen atoms in total. The zero-order valence-corrected chi connectivity index (χ0v) is 12.7. The third kappa shape index (κ3) is 3.24. The Morgan fingerprint density at radius 1 is 1.38 bits per heavy atom. The molecule has 2 N–H and O–H groups in total. The standard InChI is InChI=1S/C12H11BrFN5O2/c1-6-10(19(20)21)11(18-12(15-2)16-6)17-9-4-3-7(13)5-8(9)14/h3-5H,1-2H3,(H2,15,16,17,18). The summed E-state index contributed by atoms with van der Waals surface area (Å²) in [5.74, 6) is -0.419. The van der Waals surface area contributed by atoms with Gasteiger partial charge in [0.05, 0.1) is 10.6 Å². The van der Waals surface area contributed by atoms with Gasteiger partial charge >= 0.3 is 5.69 Å². The highest BCUT2D eigenvalue weighted by Crippen LogP contribution is 2.30. The van der Waals surface area contributed by atoms with E-state index in [0.29, 0.717) is 4.47 Å². The van der Waals surface area contributed by atoms with Crippen molar-refractivity contribution >= 4 is 39.1 Å². The van der Waals surface area contributed by atoms with Gasteiger partial charge in [-0.2, -0.15) is 4.98 Å². The van der Waals surface area contributed by atoms with Crippen molar-refractivity contribution in [3.8, 4) is 0 Å². The van der Waals surface area contributed by atoms with Crippen LogP contribution in [-0.2, 0) is 0 Å². The van der Waals surface area contributed by atoms with E-state index in [1.807, 2.05) is 0 Å². The van der Waals surface area contributed by atoms with Gasteiger partial charge in [0, 0.05) is 11.5 Å². The van der Waals surface area contributed by atoms with Crippen molar-refractivity contribution in [2.24, 2.45) is 0 Å². The summed E-state index contributed by atoms with van der Waals surface area (Å²) in [7, 11) is 1.59. The Hall–Kier alpha value is -2.29. The number of hydrogen-bond donors (Lipinski definition) is 2. The van der Waals surface area contributed by atoms with E-state index in [4.69, 9.17) is 0 Å². The van der Waals surface area contributed by atoms with Crippen LogP contribution in [-0.4, -0.2) is 21.9 Å². The van der Waals surface area contributed by atoms with Crippen molar-refractivity contribution in [3.05, 3.63) is 44.3 Å². The number of nitrogens with one attached hydrogen (secondary N) is 2. The first-order valence-corrected chi connectivity index (χ1v) is 6.64. The fourth-order valence-electron chi connectivity index (χ4n) is 1.70. The van der Waals surface area contributed by atoms with Crippen molar-refractivity contribution in [2.45, 2.75) is 6.92 Å². The van der Waals surface area contributed by atoms with Gasteiger partial charge in [0.15, 0.2) is 0 Å². The maximum Gasteiger partial charge on any atom is 0.332 e. The molecule has 1 heterocycles. The molecular weight excluding hydrogens is 345 g/mol. The molecule has 0 bridgehead atoms. The molecule has 0 amide bonds. The van der Waals surface area contributed by atoms with Gasteiger partial charge in [0.2, 0.25) is 11.8 Å². The minimum atomic E-state index is -0.603. The molecule has 9 heteroatoms. The van der Waals surface area contributed by atoms with Gasteiger partial charge in [-0.3, -0.25) is 10.1 Å². The average molecular weight is 356 g/mol. The summed E-state index contributed by atoms with van der Waals surface area (Å²) in [5, 5.41) is 16.5. The summed E-state index contributed by atoms with van der Waals surface area (Å²) in [6, 6.07) is 4.32. The first-order chi connectivity index (χ1) is 9.92. The van der Waals surface area contributed by atoms with Crippen LogP contribution in [0, 0.1) is 22.9 Å². The first kappa shape index (κ1) is 15.1. The third-order valence-corrected chi connectivity index (χ3v) is 3.14. The number of halogens is 2. The summed E-state index contributed by atoms with van der Waals surface area (Å²) < 4.78 is 14.4. The number of nitro groups is 1. The largest absolute Gasteiger partial charge is 0.357 e. The number of rotatable bonds is 4. The third-order valence-electron chi connectivity index (χ3n) is 2.65. The Morgan fingerprint density at radius 2 is 2.10 bits per heavy atom. The molecule has 1 aromatic heterocycles. The quantitative estimate of drug-likeness (QED) is 0.644. The molecule has 0 aliphatic heterocycles. The fourth-order valence-corrected chi connectivity index (χ4v) is 2.04. The molecule has 0 aliphatic carbocycles. The topological polar surface area (TPSA) is 93.0 Å². The lowest BCUT2D eigenvalue weighted by molar-refractivity contribution is -0.385. The van der Waals surface area contributed by atoms with Gasteiger partial charge in [-0.15, -0.1) is 0 Å². The maximum absolute atomic E-state index is 13.8. The van der Waals surface area contributed by atoms with Gasteiger partial charge in [0.1, 0.15) is 11.5 Å². The SMILES string of the molecule is CNc1nc(C)c([N+](=O)[O-])c(Nc2ccc(Br)cc2F)n1. The molecule has 21 heavy (non-hydrogen) atoms. The maximum atomic E-state index is 13.8. The normalized spacial score (nSPS) is 10.3. The highest BCUT2D eigenvalue weighted by atomic mass is 79.9. The number of aryl methyl sites for hydroxylation is 1. The van der Waals surface area contributed by atoms with Crippen molar-refractivity contribution in [2.75, 3.05) is 17.7 Å². The molecule has 0 radical (unpaired) electrons. The lowest BCUT2D eigenvalue weighted by Gasteiger charge is -2.10. The molecule has 110 valence electrons. The minimum absolute atomic E-state index is 0.0712. The van der Waals surface area contributed by atoms with Gasteiger partial charge in [0.25, 0.3) is 0 Å². The highest BCUT2D eigenvalue weighted by molar-refractivity contribution is 9.10. The summed E-state index contributed by atoms with van der Waals surface area (Å²) >= 11 is 3.14. The fraction of sp³-hybridized carbons (Fsp3) is 0.167. The van der Waals surface area contributed by atoms with Crippen molar-refractivity contribution in [1.29, 1.82) is 0 Å². The monoisotopic (exact) mass is 355 g/mol. The molecular formula is C12H11BrFN5O2. The van der Waals surface area contributed by atoms with Gasteiger partial charge in [-0.1, -0.05) is 15.9 Å². The summed E-state index contributed by atoms with van der Waals surface area (Å²) in [6.07, 6.45) is 0. The van der Waals surface area contributed by atoms with E-state index in [0.717, 1.165) is 0 Å². The van der Waals surface area contributed by atoms with Crippen LogP contribution >= 0.6 is 15.9 Å². The lowest BCUT2D eigenvalue weighted by Crippen LogP contribution is -2.07. The van der Waals surface area contributed by atoms with Crippen LogP contribution in [0.15, 0.2) is 22.7 Å². The summed E-state index contributed by atoms with van der Waals surface area (Å²) in [6.45, 7) is 1.49. The number of hydrogen-bond acceptors (Lipinski definition) is 6. The van der Waals surface area contributed by atoms with E-state index in [9.17, 15) is 14.5 Å². The van der Waals surface area contributed by atoms with Gasteiger partial charge < -0.3 is 10.6 Å². The van der Waals surface area contributed by atoms with Crippen LogP contribution in [0.4, 0.5) is 27.5 Å². The molecule has 0 saturated heterocycles. The number of aromatic nitrogens is 2. The Morgan fingerprint density at radius 3 is 2.67 bits per heavy atom. The van der Waals surface area contributed by atoms with Crippen LogP contribution < -0.4 is 10.6 Å². The summed E-state index contributed by atoms with van der Waals surface area (Å²) in [4.78, 5) is 18.5. The van der Waals surface area contributed by atoms with Crippen LogP contribution in [0.5, 0.6) is 0 Å². The van der Waals surface area contributed by atoms with Crippen molar-refractivity contribution in [1.82, 2.24) is 9.97 Å². The number of nitrogens with zero attached hydrogens (tertiary/aromatic N) is 3. The Kier molecular flexibility index (Phi) is 4.32. The molecule has 0 aliphatic rings. The van der Waals surface area contributed by atoms with E-state index >= 15 is 0 Å². The van der Waals surface area contributed by atoms with Crippen LogP contribution in [0.1, 0.15) is 5.69 Å². The van der Waals surface area contributed by atoms with Gasteiger partial charge in [-0.25, -0.2) is 9.37 Å². The van der Waals surface area contributed by atoms with Crippen LogP contribution in [0.3, 0.4) is 0 Å². The number of benzene rings is 1. The van der Waals surface area contributed by atoms with Crippen LogP contribution in [0.2, 0.25) is 0 Å². The molecule has 0 saturated carbocycles. The van der Waals surface area contributed by atoms with E-state index in [-0.39, 0.29) is 28.8 Å². The molecule has 0 unspecified atom stereocenters. The lowest BCUT2D eigenvalue weighted by atomic mass is 10.3. The first-order valence-electron chi connectivity index (χ1n) is 5.85. The van der Waals surface area contributed by atoms with Crippen molar-refractivity contribution in [3.63, 3.8) is 0 Å². The van der Waals surface area contributed by atoms with Crippen molar-refractivity contribution < 1.29 is 9.31 Å². The Bertz CT molecular complexity index is 710. The van der Waals surface area contributed by atoms with Crippen LogP contribution in [0.25, 0.3) is 0 Å². The predicted octanol–water partition coefficient (Wildman–Crippen LogP) is 3.38. The zero-order chi connectivity index (χ0) is 15.6. The van der Waals surface area contributed by atoms with E-state index in [1.54, 1.807) is 13.1 Å². The second-order valence-electron chi connectivity index (χ2n) is 4.09. The Labute approximate surface area is 127 Å². The minimum Gasteiger partial charge on any atom is -0.357 e. The van der Waals surface area contributed by atoms with E-state index in [2.05, 4.69) is 36.5 Å². The molecule has 0 spiro atoms. The molecule has 2 rings (SSSR count). The second-order valence-corrected chi connectivity index (χ2v) is 5.00. The predicted molar refractivity (Wildman–Crippen MR) is 80.4 cm³/mol. The molecule has 1 aromatic carbocycles. The van der Waals surface area contributed by atoms with E-state index in [1.165, 1.54) is 19.1 Å². The zero-order valence-electron chi connectivity index (χ0n) is 11.1. The summed E-state index contributed by atoms with van der Waals surface area (Å²) in [5.41, 5.74) is -0.0304. The molecule has 2 aromatic rings.